The smallest absolute Gasteiger partial charge is 0.332 e. The van der Waals surface area contributed by atoms with Crippen molar-refractivity contribution in [1.82, 2.24) is 18.7 Å². The van der Waals surface area contributed by atoms with Crippen molar-refractivity contribution in [2.45, 2.75) is 6.54 Å². The molecule has 29 heavy (non-hydrogen) atoms. The van der Waals surface area contributed by atoms with E-state index in [0.717, 1.165) is 4.57 Å². The van der Waals surface area contributed by atoms with Crippen LogP contribution >= 0.6 is 15.9 Å². The summed E-state index contributed by atoms with van der Waals surface area (Å²) in [4.78, 5) is 52.2. The van der Waals surface area contributed by atoms with Crippen molar-refractivity contribution in [3.05, 3.63) is 55.7 Å². The van der Waals surface area contributed by atoms with Crippen LogP contribution in [-0.4, -0.2) is 37.2 Å². The molecule has 0 atom stereocenters. The predicted molar refractivity (Wildman–Crippen MR) is 104 cm³/mol. The molecule has 0 unspecified atom stereocenters. The third kappa shape index (κ3) is 4.11. The fourth-order valence-corrected chi connectivity index (χ4v) is 2.96. The Labute approximate surface area is 170 Å². The molecule has 0 aliphatic heterocycles. The van der Waals surface area contributed by atoms with Gasteiger partial charge in [0.2, 0.25) is 0 Å². The molecule has 0 spiro atoms. The summed E-state index contributed by atoms with van der Waals surface area (Å²) in [5.74, 6) is -2.19. The van der Waals surface area contributed by atoms with Crippen LogP contribution in [0.5, 0.6) is 0 Å². The van der Waals surface area contributed by atoms with Crippen LogP contribution in [-0.2, 0) is 35.0 Å². The van der Waals surface area contributed by atoms with Crippen LogP contribution in [0.3, 0.4) is 0 Å². The first-order valence-electron chi connectivity index (χ1n) is 8.20. The number of esters is 1. The van der Waals surface area contributed by atoms with Crippen LogP contribution in [0.15, 0.2) is 38.6 Å². The van der Waals surface area contributed by atoms with Crippen LogP contribution in [0.4, 0.5) is 10.1 Å². The number of aromatic nitrogens is 4. The number of benzene rings is 1. The standard InChI is InChI=1S/C17H15BrFN5O5/c1-22-15-14(16(27)23(2)17(22)28)24(8-20-15)6-13(26)29-7-12(25)21-11-4-3-9(18)5-10(11)19/h3-5,8H,6-7H2,1-2H3,(H,21,25). The average Bonchev–Trinajstić information content (AvgIpc) is 3.09. The number of anilines is 1. The molecular weight excluding hydrogens is 453 g/mol. The fraction of sp³-hybridized carbons (Fsp3) is 0.235. The van der Waals surface area contributed by atoms with Gasteiger partial charge in [0.25, 0.3) is 11.5 Å². The molecule has 152 valence electrons. The lowest BCUT2D eigenvalue weighted by Gasteiger charge is -2.09. The van der Waals surface area contributed by atoms with Crippen molar-refractivity contribution in [3.63, 3.8) is 0 Å². The van der Waals surface area contributed by atoms with Gasteiger partial charge in [0.1, 0.15) is 12.4 Å². The van der Waals surface area contributed by atoms with E-state index >= 15 is 0 Å². The summed E-state index contributed by atoms with van der Waals surface area (Å²) >= 11 is 3.10. The van der Waals surface area contributed by atoms with Gasteiger partial charge in [0.05, 0.1) is 12.0 Å². The van der Waals surface area contributed by atoms with Gasteiger partial charge in [0.15, 0.2) is 17.8 Å². The molecule has 3 aromatic rings. The number of halogens is 2. The Kier molecular flexibility index (Phi) is 5.64. The average molecular weight is 468 g/mol. The maximum absolute atomic E-state index is 13.7. The first kappa shape index (κ1) is 20.5. The van der Waals surface area contributed by atoms with Crippen molar-refractivity contribution in [2.75, 3.05) is 11.9 Å². The van der Waals surface area contributed by atoms with E-state index in [1.165, 1.54) is 41.7 Å². The maximum atomic E-state index is 13.7. The molecule has 10 nitrogen and oxygen atoms in total. The third-order valence-electron chi connectivity index (χ3n) is 4.09. The van der Waals surface area contributed by atoms with E-state index in [1.807, 2.05) is 0 Å². The van der Waals surface area contributed by atoms with Gasteiger partial charge in [-0.25, -0.2) is 14.2 Å². The second kappa shape index (κ2) is 7.99. The number of rotatable bonds is 5. The number of nitrogens with one attached hydrogen (secondary N) is 1. The molecule has 0 fully saturated rings. The highest BCUT2D eigenvalue weighted by molar-refractivity contribution is 9.10. The number of ether oxygens (including phenoxy) is 1. The van der Waals surface area contributed by atoms with Gasteiger partial charge in [-0.1, -0.05) is 15.9 Å². The SMILES string of the molecule is Cn1c(=O)c2c(ncn2CC(=O)OCC(=O)Nc2ccc(Br)cc2F)n(C)c1=O. The van der Waals surface area contributed by atoms with Crippen molar-refractivity contribution in [1.29, 1.82) is 0 Å². The van der Waals surface area contributed by atoms with Gasteiger partial charge in [-0.05, 0) is 18.2 Å². The van der Waals surface area contributed by atoms with Gasteiger partial charge in [-0.3, -0.25) is 23.5 Å². The largest absolute Gasteiger partial charge is 0.454 e. The van der Waals surface area contributed by atoms with Gasteiger partial charge in [-0.15, -0.1) is 0 Å². The Morgan fingerprint density at radius 1 is 1.24 bits per heavy atom. The highest BCUT2D eigenvalue weighted by atomic mass is 79.9. The van der Waals surface area contributed by atoms with E-state index < -0.39 is 42.1 Å². The van der Waals surface area contributed by atoms with E-state index in [-0.39, 0.29) is 16.9 Å². The summed E-state index contributed by atoms with van der Waals surface area (Å²) in [5.41, 5.74) is -1.05. The van der Waals surface area contributed by atoms with Crippen LogP contribution in [0.2, 0.25) is 0 Å². The topological polar surface area (TPSA) is 117 Å². The maximum Gasteiger partial charge on any atom is 0.332 e. The molecular formula is C17H15BrFN5O5. The van der Waals surface area contributed by atoms with Gasteiger partial charge in [-0.2, -0.15) is 0 Å². The number of fused-ring (bicyclic) bond motifs is 1. The summed E-state index contributed by atoms with van der Waals surface area (Å²) in [5, 5.41) is 2.29. The highest BCUT2D eigenvalue weighted by Gasteiger charge is 2.17. The number of amides is 1. The number of nitrogens with zero attached hydrogens (tertiary/aromatic N) is 4. The van der Waals surface area contributed by atoms with Crippen LogP contribution < -0.4 is 16.6 Å². The van der Waals surface area contributed by atoms with E-state index in [4.69, 9.17) is 4.74 Å². The molecule has 1 aromatic carbocycles. The minimum Gasteiger partial charge on any atom is -0.454 e. The van der Waals surface area contributed by atoms with Crippen molar-refractivity contribution < 1.29 is 18.7 Å². The first-order chi connectivity index (χ1) is 13.7. The molecule has 0 aliphatic carbocycles. The second-order valence-electron chi connectivity index (χ2n) is 6.08. The molecule has 0 aliphatic rings. The van der Waals surface area contributed by atoms with Crippen molar-refractivity contribution in [2.24, 2.45) is 14.1 Å². The number of imidazole rings is 1. The summed E-state index contributed by atoms with van der Waals surface area (Å²) in [6.07, 6.45) is 1.23. The minimum absolute atomic E-state index is 0.0490. The van der Waals surface area contributed by atoms with E-state index in [9.17, 15) is 23.6 Å². The Bertz CT molecular complexity index is 1250. The van der Waals surface area contributed by atoms with Crippen LogP contribution in [0.1, 0.15) is 0 Å². The summed E-state index contributed by atoms with van der Waals surface area (Å²) in [6, 6.07) is 4.08. The number of carbonyl (C=O) groups is 2. The minimum atomic E-state index is -0.813. The molecule has 0 saturated carbocycles. The third-order valence-corrected chi connectivity index (χ3v) is 4.58. The van der Waals surface area contributed by atoms with Crippen LogP contribution in [0.25, 0.3) is 11.2 Å². The Morgan fingerprint density at radius 2 is 1.97 bits per heavy atom. The lowest BCUT2D eigenvalue weighted by Crippen LogP contribution is -2.37. The summed E-state index contributed by atoms with van der Waals surface area (Å²) in [6.45, 7) is -1.04. The predicted octanol–water partition coefficient (Wildman–Crippen LogP) is 0.517. The summed E-state index contributed by atoms with van der Waals surface area (Å²) in [7, 11) is 2.76. The van der Waals surface area contributed by atoms with Gasteiger partial charge < -0.3 is 14.6 Å². The molecule has 1 N–H and O–H groups in total. The zero-order chi connectivity index (χ0) is 21.3. The first-order valence-corrected chi connectivity index (χ1v) is 8.99. The number of carbonyl (C=O) groups excluding carboxylic acids is 2. The van der Waals surface area contributed by atoms with Crippen LogP contribution in [0, 0.1) is 5.82 Å². The lowest BCUT2D eigenvalue weighted by atomic mass is 10.3. The summed E-state index contributed by atoms with van der Waals surface area (Å²) < 4.78 is 22.4. The van der Waals surface area contributed by atoms with Crippen molar-refractivity contribution in [3.8, 4) is 0 Å². The number of aryl methyl sites for hydroxylation is 1. The monoisotopic (exact) mass is 467 g/mol. The Hall–Kier alpha value is -3.28. The molecule has 2 heterocycles. The quantitative estimate of drug-likeness (QED) is 0.546. The van der Waals surface area contributed by atoms with E-state index in [0.29, 0.717) is 4.47 Å². The normalized spacial score (nSPS) is 10.9. The zero-order valence-electron chi connectivity index (χ0n) is 15.3. The van der Waals surface area contributed by atoms with Crippen molar-refractivity contribution >= 4 is 44.7 Å². The number of hydrogen-bond acceptors (Lipinski definition) is 6. The molecule has 0 bridgehead atoms. The Balaban J connectivity index is 1.68. The molecule has 12 heteroatoms. The molecule has 1 amide bonds. The second-order valence-corrected chi connectivity index (χ2v) is 7.00. The van der Waals surface area contributed by atoms with Gasteiger partial charge >= 0.3 is 11.7 Å². The van der Waals surface area contributed by atoms with E-state index in [1.54, 1.807) is 6.07 Å². The fourth-order valence-electron chi connectivity index (χ4n) is 2.62. The molecule has 0 radical (unpaired) electrons. The zero-order valence-corrected chi connectivity index (χ0v) is 16.9. The van der Waals surface area contributed by atoms with Gasteiger partial charge in [0, 0.05) is 18.6 Å². The lowest BCUT2D eigenvalue weighted by molar-refractivity contribution is -0.147. The highest BCUT2D eigenvalue weighted by Crippen LogP contribution is 2.19. The number of hydrogen-bond donors (Lipinski definition) is 1. The molecule has 0 saturated heterocycles. The van der Waals surface area contributed by atoms with E-state index in [2.05, 4.69) is 26.2 Å². The Morgan fingerprint density at radius 3 is 2.66 bits per heavy atom. The molecule has 3 rings (SSSR count). The molecule has 2 aromatic heterocycles.